The molecule has 1 amide bonds. The summed E-state index contributed by atoms with van der Waals surface area (Å²) in [7, 11) is 0. The number of carboxylic acids is 1. The number of esters is 1. The summed E-state index contributed by atoms with van der Waals surface area (Å²) in [4.78, 5) is 51.8. The van der Waals surface area contributed by atoms with E-state index in [-0.39, 0.29) is 45.6 Å². The first kappa shape index (κ1) is 37.3. The fourth-order valence-electron chi connectivity index (χ4n) is 14.4. The zero-order valence-electron chi connectivity index (χ0n) is 33.3. The predicted molar refractivity (Wildman–Crippen MR) is 207 cm³/mol. The Morgan fingerprint density at radius 3 is 2.45 bits per heavy atom. The molecule has 0 radical (unpaired) electrons. The van der Waals surface area contributed by atoms with Crippen LogP contribution in [0.25, 0.3) is 10.6 Å². The molecule has 1 saturated heterocycles. The summed E-state index contributed by atoms with van der Waals surface area (Å²) in [5, 5.41) is 11.7. The van der Waals surface area contributed by atoms with Gasteiger partial charge in [0.15, 0.2) is 0 Å². The Kier molecular flexibility index (Phi) is 8.91. The van der Waals surface area contributed by atoms with E-state index in [1.165, 1.54) is 30.6 Å². The fourth-order valence-corrected chi connectivity index (χ4v) is 15.1. The van der Waals surface area contributed by atoms with Gasteiger partial charge in [0, 0.05) is 12.0 Å². The van der Waals surface area contributed by atoms with Gasteiger partial charge in [0.1, 0.15) is 11.9 Å². The molecule has 10 unspecified atom stereocenters. The monoisotopic (exact) mass is 745 g/mol. The summed E-state index contributed by atoms with van der Waals surface area (Å²) in [5.41, 5.74) is -0.0333. The molecule has 2 aromatic rings. The molecule has 8 rings (SSSR count). The third-order valence-electron chi connectivity index (χ3n) is 17.4. The van der Waals surface area contributed by atoms with Crippen molar-refractivity contribution in [3.63, 3.8) is 0 Å². The quantitative estimate of drug-likeness (QED) is 0.273. The van der Waals surface area contributed by atoms with Crippen LogP contribution in [-0.2, 0) is 19.1 Å². The van der Waals surface area contributed by atoms with E-state index in [2.05, 4.69) is 62.0 Å². The summed E-state index contributed by atoms with van der Waals surface area (Å²) < 4.78 is 6.19. The number of likely N-dealkylation sites (tertiary alicyclic amines) is 1. The lowest BCUT2D eigenvalue weighted by Crippen LogP contribution is -2.67. The number of hydrogen-bond acceptors (Lipinski definition) is 6. The van der Waals surface area contributed by atoms with Crippen molar-refractivity contribution in [1.82, 2.24) is 14.9 Å². The minimum absolute atomic E-state index is 0.0324. The molecule has 8 nitrogen and oxygen atoms in total. The minimum atomic E-state index is -1.14. The number of carboxylic acid groups (broad SMARTS) is 1. The van der Waals surface area contributed by atoms with Gasteiger partial charge in [-0.25, -0.2) is 4.98 Å². The number of carbonyl (C=O) groups is 3. The summed E-state index contributed by atoms with van der Waals surface area (Å²) in [6.45, 7) is 16.5. The number of H-pyrrole nitrogens is 1. The molecule has 0 spiro atoms. The van der Waals surface area contributed by atoms with E-state index in [4.69, 9.17) is 9.72 Å². The normalized spacial score (nSPS) is 40.5. The van der Waals surface area contributed by atoms with Crippen LogP contribution in [0, 0.1) is 56.2 Å². The second kappa shape index (κ2) is 12.7. The van der Waals surface area contributed by atoms with Crippen molar-refractivity contribution in [2.75, 3.05) is 6.54 Å². The zero-order chi connectivity index (χ0) is 37.8. The van der Waals surface area contributed by atoms with Gasteiger partial charge in [-0.2, -0.15) is 0 Å². The average molecular weight is 746 g/mol. The Morgan fingerprint density at radius 1 is 0.925 bits per heavy atom. The van der Waals surface area contributed by atoms with Crippen LogP contribution in [-0.4, -0.2) is 50.5 Å². The van der Waals surface area contributed by atoms with E-state index >= 15 is 4.79 Å². The van der Waals surface area contributed by atoms with E-state index < -0.39 is 17.4 Å². The van der Waals surface area contributed by atoms with Crippen molar-refractivity contribution >= 4 is 29.2 Å². The second-order valence-electron chi connectivity index (χ2n) is 20.3. The van der Waals surface area contributed by atoms with Crippen molar-refractivity contribution in [1.29, 1.82) is 0 Å². The Labute approximate surface area is 320 Å². The number of amides is 1. The number of fused-ring (bicyclic) bond motifs is 7. The van der Waals surface area contributed by atoms with Gasteiger partial charge in [-0.15, -0.1) is 11.3 Å². The zero-order valence-corrected chi connectivity index (χ0v) is 34.1. The van der Waals surface area contributed by atoms with Gasteiger partial charge in [-0.1, -0.05) is 47.1 Å². The highest BCUT2D eigenvalue weighted by molar-refractivity contribution is 7.13. The van der Waals surface area contributed by atoms with Crippen LogP contribution in [0.4, 0.5) is 0 Å². The van der Waals surface area contributed by atoms with E-state index in [0.29, 0.717) is 29.6 Å². The molecule has 5 aliphatic carbocycles. The molecule has 0 bridgehead atoms. The Hall–Kier alpha value is -2.68. The van der Waals surface area contributed by atoms with Gasteiger partial charge in [-0.3, -0.25) is 14.4 Å². The number of aromatic nitrogens is 2. The molecule has 3 heterocycles. The minimum Gasteiger partial charge on any atom is -0.481 e. The maximum Gasteiger partial charge on any atom is 0.309 e. The summed E-state index contributed by atoms with van der Waals surface area (Å²) in [5.74, 6) is 2.01. The number of aliphatic carboxylic acids is 1. The van der Waals surface area contributed by atoms with Crippen LogP contribution >= 0.6 is 11.3 Å². The summed E-state index contributed by atoms with van der Waals surface area (Å²) >= 11 is 1.71. The van der Waals surface area contributed by atoms with Crippen molar-refractivity contribution in [2.45, 2.75) is 151 Å². The topological polar surface area (TPSA) is 113 Å². The Morgan fingerprint density at radius 2 is 1.72 bits per heavy atom. The highest BCUT2D eigenvalue weighted by Crippen LogP contribution is 2.77. The maximum absolute atomic E-state index is 15.1. The average Bonchev–Trinajstić information content (AvgIpc) is 3.92. The molecule has 53 heavy (non-hydrogen) atoms. The number of nitrogens with one attached hydrogen (secondary N) is 1. The van der Waals surface area contributed by atoms with Crippen LogP contribution in [0.1, 0.15) is 150 Å². The van der Waals surface area contributed by atoms with E-state index in [9.17, 15) is 14.7 Å². The summed E-state index contributed by atoms with van der Waals surface area (Å²) in [6.07, 6.45) is 15.7. The number of nitrogens with zero attached hydrogens (tertiary/aromatic N) is 2. The first-order valence-corrected chi connectivity index (χ1v) is 21.7. The lowest BCUT2D eigenvalue weighted by molar-refractivity contribution is -0.248. The lowest BCUT2D eigenvalue weighted by atomic mass is 9.32. The van der Waals surface area contributed by atoms with Crippen molar-refractivity contribution in [3.05, 3.63) is 29.5 Å². The molecule has 6 aliphatic rings. The smallest absolute Gasteiger partial charge is 0.309 e. The van der Waals surface area contributed by atoms with Gasteiger partial charge in [0.05, 0.1) is 40.1 Å². The van der Waals surface area contributed by atoms with Crippen LogP contribution in [0.5, 0.6) is 0 Å². The van der Waals surface area contributed by atoms with Crippen molar-refractivity contribution in [2.24, 2.45) is 56.2 Å². The molecule has 1 aliphatic heterocycles. The third kappa shape index (κ3) is 5.45. The predicted octanol–water partition coefficient (Wildman–Crippen LogP) is 10.1. The lowest BCUT2D eigenvalue weighted by Gasteiger charge is -2.72. The molecular formula is C44H63N3O5S. The van der Waals surface area contributed by atoms with Crippen molar-refractivity contribution < 1.29 is 24.2 Å². The van der Waals surface area contributed by atoms with Crippen LogP contribution in [0.3, 0.4) is 0 Å². The highest BCUT2D eigenvalue weighted by Gasteiger charge is 2.71. The Bertz CT molecular complexity index is 1750. The number of aromatic amines is 1. The van der Waals surface area contributed by atoms with E-state index in [1.54, 1.807) is 25.2 Å². The molecule has 10 atom stereocenters. The number of ether oxygens (including phenoxy) is 1. The van der Waals surface area contributed by atoms with Gasteiger partial charge in [-0.05, 0) is 142 Å². The molecule has 0 aromatic carbocycles. The Balaban J connectivity index is 1.01. The van der Waals surface area contributed by atoms with Gasteiger partial charge in [0.2, 0.25) is 5.91 Å². The number of imidazole rings is 1. The standard InChI is InChI=1S/C44H63N3O5S/c1-39(2,38(50)51)25-35(48)52-34-17-19-41(5)32(40(34,3)4)16-20-43(7)33(41)15-14-27-28-11-8-18-44(28,22-21-42(27,43)6)37(49)47-23-9-12-30(47)36-45-26-29(46-36)31-13-10-24-53-31/h10,13,24,26-28,30,32-34H,8-9,11-12,14-23,25H2,1-7H3,(H,45,46)(H,50,51). The molecule has 5 saturated carbocycles. The highest BCUT2D eigenvalue weighted by atomic mass is 32.1. The van der Waals surface area contributed by atoms with Gasteiger partial charge in [0.25, 0.3) is 0 Å². The van der Waals surface area contributed by atoms with Crippen LogP contribution in [0.2, 0.25) is 0 Å². The molecule has 6 fully saturated rings. The molecule has 9 heteroatoms. The number of hydrogen-bond donors (Lipinski definition) is 2. The van der Waals surface area contributed by atoms with Gasteiger partial charge < -0.3 is 19.7 Å². The third-order valence-corrected chi connectivity index (χ3v) is 18.3. The first-order valence-electron chi connectivity index (χ1n) is 20.8. The van der Waals surface area contributed by atoms with E-state index in [0.717, 1.165) is 75.9 Å². The SMILES string of the molecule is CC(C)(CC(=O)OC1CCC2(C)C(CCC3(C)C2CCC2C4CCCC4(C(=O)N4CCCC4c4ncc(-c5cccs5)[nH]4)CCC23C)C1(C)C)C(=O)O. The second-order valence-corrected chi connectivity index (χ2v) is 21.3. The summed E-state index contributed by atoms with van der Waals surface area (Å²) in [6, 6.07) is 4.23. The maximum atomic E-state index is 15.1. The van der Waals surface area contributed by atoms with Gasteiger partial charge >= 0.3 is 11.9 Å². The van der Waals surface area contributed by atoms with Crippen LogP contribution < -0.4 is 0 Å². The fraction of sp³-hybridized carbons (Fsp3) is 0.773. The largest absolute Gasteiger partial charge is 0.481 e. The molecule has 290 valence electrons. The van der Waals surface area contributed by atoms with Crippen molar-refractivity contribution in [3.8, 4) is 10.6 Å². The number of rotatable bonds is 7. The van der Waals surface area contributed by atoms with Crippen LogP contribution in [0.15, 0.2) is 23.7 Å². The molecule has 2 N–H and O–H groups in total. The number of carbonyl (C=O) groups excluding carboxylic acids is 2. The number of thiophene rings is 1. The first-order chi connectivity index (χ1) is 25.0. The molecule has 2 aromatic heterocycles. The molecular weight excluding hydrogens is 683 g/mol. The van der Waals surface area contributed by atoms with E-state index in [1.807, 2.05) is 6.20 Å².